The lowest BCUT2D eigenvalue weighted by Gasteiger charge is -2.08. The molecule has 0 aromatic heterocycles. The molecule has 0 aliphatic heterocycles. The van der Waals surface area contributed by atoms with Crippen LogP contribution in [0, 0.1) is 11.8 Å². The number of benzene rings is 2. The molecule has 0 aliphatic rings. The Kier molecular flexibility index (Phi) is 8.10. The normalized spacial score (nSPS) is 9.80. The summed E-state index contributed by atoms with van der Waals surface area (Å²) >= 11 is 0. The molecule has 2 N–H and O–H groups in total. The molecule has 2 amide bonds. The summed E-state index contributed by atoms with van der Waals surface area (Å²) in [5.41, 5.74) is 2.55. The van der Waals surface area contributed by atoms with Gasteiger partial charge in [0.05, 0.1) is 0 Å². The number of hydrogen-bond acceptors (Lipinski definition) is 2. The number of nitrogens with one attached hydrogen (secondary N) is 2. The van der Waals surface area contributed by atoms with Crippen LogP contribution in [0.15, 0.2) is 54.6 Å². The Bertz CT molecular complexity index is 717. The van der Waals surface area contributed by atoms with E-state index in [2.05, 4.69) is 22.5 Å². The zero-order valence-corrected chi connectivity index (χ0v) is 14.5. The molecule has 0 spiro atoms. The minimum atomic E-state index is -0.204. The average Bonchev–Trinajstić information content (AvgIpc) is 2.64. The lowest BCUT2D eigenvalue weighted by molar-refractivity contribution is 0.143. The van der Waals surface area contributed by atoms with Crippen LogP contribution in [0.1, 0.15) is 30.9 Å². The maximum Gasteiger partial charge on any atom is 0.319 e. The van der Waals surface area contributed by atoms with E-state index in [1.165, 1.54) is 0 Å². The first-order valence-electron chi connectivity index (χ1n) is 8.57. The maximum atomic E-state index is 11.9. The molecule has 0 atom stereocenters. The lowest BCUT2D eigenvalue weighted by Crippen LogP contribution is -2.29. The highest BCUT2D eigenvalue weighted by molar-refractivity contribution is 5.89. The summed E-state index contributed by atoms with van der Waals surface area (Å²) in [5, 5.41) is 5.68. The molecule has 0 saturated carbocycles. The third-order valence-electron chi connectivity index (χ3n) is 3.45. The molecule has 130 valence electrons. The van der Waals surface area contributed by atoms with E-state index < -0.39 is 0 Å². The minimum absolute atomic E-state index is 0.204. The number of hydrogen-bond donors (Lipinski definition) is 2. The van der Waals surface area contributed by atoms with Crippen molar-refractivity contribution < 1.29 is 9.53 Å². The van der Waals surface area contributed by atoms with E-state index in [1.807, 2.05) is 61.5 Å². The Labute approximate surface area is 149 Å². The number of amides is 2. The zero-order valence-electron chi connectivity index (χ0n) is 14.5. The van der Waals surface area contributed by atoms with Gasteiger partial charge >= 0.3 is 6.03 Å². The number of urea groups is 1. The van der Waals surface area contributed by atoms with Crippen molar-refractivity contribution in [3.8, 4) is 11.8 Å². The van der Waals surface area contributed by atoms with Crippen LogP contribution in [0.25, 0.3) is 0 Å². The van der Waals surface area contributed by atoms with E-state index in [1.54, 1.807) is 0 Å². The largest absolute Gasteiger partial charge is 0.382 e. The Hall–Kier alpha value is -2.77. The summed E-state index contributed by atoms with van der Waals surface area (Å²) in [6, 6.07) is 17.1. The van der Waals surface area contributed by atoms with E-state index >= 15 is 0 Å². The van der Waals surface area contributed by atoms with Crippen LogP contribution in [0.5, 0.6) is 0 Å². The van der Waals surface area contributed by atoms with Gasteiger partial charge in [-0.15, -0.1) is 0 Å². The first-order valence-corrected chi connectivity index (χ1v) is 8.57. The van der Waals surface area contributed by atoms with Gasteiger partial charge in [0.25, 0.3) is 0 Å². The monoisotopic (exact) mass is 336 g/mol. The number of carbonyl (C=O) groups is 1. The zero-order chi connectivity index (χ0) is 17.7. The van der Waals surface area contributed by atoms with Crippen LogP contribution in [0.3, 0.4) is 0 Å². The van der Waals surface area contributed by atoms with Crippen molar-refractivity contribution in [2.24, 2.45) is 0 Å². The number of rotatable bonds is 7. The second kappa shape index (κ2) is 10.9. The van der Waals surface area contributed by atoms with Gasteiger partial charge in [-0.05, 0) is 50.1 Å². The smallest absolute Gasteiger partial charge is 0.319 e. The Morgan fingerprint density at radius 3 is 2.56 bits per heavy atom. The van der Waals surface area contributed by atoms with E-state index in [0.29, 0.717) is 6.54 Å². The molecule has 2 rings (SSSR count). The fourth-order valence-electron chi connectivity index (χ4n) is 2.19. The highest BCUT2D eigenvalue weighted by Crippen LogP contribution is 2.10. The van der Waals surface area contributed by atoms with E-state index in [-0.39, 0.29) is 6.03 Å². The molecule has 2 aromatic rings. The molecule has 2 aromatic carbocycles. The first-order chi connectivity index (χ1) is 12.3. The summed E-state index contributed by atoms with van der Waals surface area (Å²) < 4.78 is 5.26. The highest BCUT2D eigenvalue weighted by Gasteiger charge is 2.01. The van der Waals surface area contributed by atoms with Crippen molar-refractivity contribution in [1.29, 1.82) is 0 Å². The number of unbranched alkanes of at least 4 members (excludes halogenated alkanes) is 1. The van der Waals surface area contributed by atoms with Crippen LogP contribution in [-0.2, 0) is 4.74 Å². The minimum Gasteiger partial charge on any atom is -0.382 e. The second-order valence-electron chi connectivity index (χ2n) is 5.48. The Morgan fingerprint density at radius 1 is 1.00 bits per heavy atom. The predicted octanol–water partition coefficient (Wildman–Crippen LogP) is 4.02. The third kappa shape index (κ3) is 7.56. The molecule has 0 fully saturated rings. The van der Waals surface area contributed by atoms with E-state index in [0.717, 1.165) is 42.9 Å². The standard InChI is InChI=1S/C21H24N2O2/c1-2-25-16-7-6-15-22-21(24)23-20-12-8-11-19(17-20)14-13-18-9-4-3-5-10-18/h3-5,8-12,17H,2,6-7,15-16H2,1H3,(H2,22,23,24). The van der Waals surface area contributed by atoms with Gasteiger partial charge in [-0.25, -0.2) is 4.79 Å². The van der Waals surface area contributed by atoms with Crippen LogP contribution in [0.2, 0.25) is 0 Å². The van der Waals surface area contributed by atoms with Crippen LogP contribution in [0.4, 0.5) is 10.5 Å². The number of anilines is 1. The van der Waals surface area contributed by atoms with Crippen molar-refractivity contribution in [1.82, 2.24) is 5.32 Å². The van der Waals surface area contributed by atoms with Gasteiger partial charge in [0.1, 0.15) is 0 Å². The Balaban J connectivity index is 1.81. The van der Waals surface area contributed by atoms with Gasteiger partial charge in [-0.3, -0.25) is 0 Å². The molecule has 0 aliphatic carbocycles. The van der Waals surface area contributed by atoms with E-state index in [9.17, 15) is 4.79 Å². The Morgan fingerprint density at radius 2 is 1.76 bits per heavy atom. The quantitative estimate of drug-likeness (QED) is 0.592. The number of ether oxygens (including phenoxy) is 1. The van der Waals surface area contributed by atoms with Crippen molar-refractivity contribution >= 4 is 11.7 Å². The van der Waals surface area contributed by atoms with Gasteiger partial charge in [-0.2, -0.15) is 0 Å². The first kappa shape index (κ1) is 18.6. The van der Waals surface area contributed by atoms with Crippen molar-refractivity contribution in [3.05, 3.63) is 65.7 Å². The van der Waals surface area contributed by atoms with Crippen molar-refractivity contribution in [2.45, 2.75) is 19.8 Å². The molecule has 4 nitrogen and oxygen atoms in total. The summed E-state index contributed by atoms with van der Waals surface area (Å²) in [4.78, 5) is 11.9. The fourth-order valence-corrected chi connectivity index (χ4v) is 2.19. The molecular weight excluding hydrogens is 312 g/mol. The van der Waals surface area contributed by atoms with Gasteiger partial charge in [0.15, 0.2) is 0 Å². The van der Waals surface area contributed by atoms with Crippen LogP contribution < -0.4 is 10.6 Å². The van der Waals surface area contributed by atoms with Gasteiger partial charge < -0.3 is 15.4 Å². The van der Waals surface area contributed by atoms with Crippen molar-refractivity contribution in [3.63, 3.8) is 0 Å². The predicted molar refractivity (Wildman–Crippen MR) is 102 cm³/mol. The molecule has 25 heavy (non-hydrogen) atoms. The average molecular weight is 336 g/mol. The summed E-state index contributed by atoms with van der Waals surface area (Å²) in [7, 11) is 0. The molecule has 0 bridgehead atoms. The van der Waals surface area contributed by atoms with Crippen LogP contribution >= 0.6 is 0 Å². The van der Waals surface area contributed by atoms with Crippen LogP contribution in [-0.4, -0.2) is 25.8 Å². The molecular formula is C21H24N2O2. The van der Waals surface area contributed by atoms with E-state index in [4.69, 9.17) is 4.74 Å². The maximum absolute atomic E-state index is 11.9. The van der Waals surface area contributed by atoms with Gasteiger partial charge in [0, 0.05) is 36.6 Å². The lowest BCUT2D eigenvalue weighted by atomic mass is 10.1. The molecule has 0 saturated heterocycles. The third-order valence-corrected chi connectivity index (χ3v) is 3.45. The van der Waals surface area contributed by atoms with Crippen molar-refractivity contribution in [2.75, 3.05) is 25.1 Å². The number of carbonyl (C=O) groups excluding carboxylic acids is 1. The highest BCUT2D eigenvalue weighted by atomic mass is 16.5. The summed E-state index contributed by atoms with van der Waals surface area (Å²) in [5.74, 6) is 6.22. The molecule has 4 heteroatoms. The SMILES string of the molecule is CCOCCCCNC(=O)Nc1cccc(C#Cc2ccccc2)c1. The molecule has 0 heterocycles. The fraction of sp³-hybridized carbons (Fsp3) is 0.286. The van der Waals surface area contributed by atoms with Gasteiger partial charge in [0.2, 0.25) is 0 Å². The van der Waals surface area contributed by atoms with Gasteiger partial charge in [-0.1, -0.05) is 36.1 Å². The summed E-state index contributed by atoms with van der Waals surface area (Å²) in [6.07, 6.45) is 1.84. The second-order valence-corrected chi connectivity index (χ2v) is 5.48. The molecule has 0 radical (unpaired) electrons. The topological polar surface area (TPSA) is 50.4 Å². The molecule has 0 unspecified atom stereocenters. The summed E-state index contributed by atoms with van der Waals surface area (Å²) in [6.45, 7) is 4.08.